The Balaban J connectivity index is 1.56. The highest BCUT2D eigenvalue weighted by molar-refractivity contribution is 9.11. The van der Waals surface area contributed by atoms with Crippen molar-refractivity contribution in [1.82, 2.24) is 4.90 Å². The van der Waals surface area contributed by atoms with Gasteiger partial charge in [0.05, 0.1) is 3.79 Å². The average molecular weight is 391 g/mol. The third kappa shape index (κ3) is 4.24. The molecule has 1 aliphatic rings. The number of benzene rings is 1. The highest BCUT2D eigenvalue weighted by Crippen LogP contribution is 2.23. The lowest BCUT2D eigenvalue weighted by Crippen LogP contribution is -2.48. The second-order valence-corrected chi connectivity index (χ2v) is 8.12. The number of hydrogen-bond donors (Lipinski definition) is 0. The lowest BCUT2D eigenvalue weighted by atomic mass is 10.2. The zero-order chi connectivity index (χ0) is 16.2. The molecule has 0 radical (unpaired) electrons. The minimum absolute atomic E-state index is 0.0958. The fraction of sp³-hybridized carbons (Fsp3) is 0.278. The number of amides is 1. The molecule has 1 aliphatic heterocycles. The van der Waals surface area contributed by atoms with Crippen LogP contribution in [0.3, 0.4) is 0 Å². The molecule has 1 fully saturated rings. The van der Waals surface area contributed by atoms with Gasteiger partial charge in [0.1, 0.15) is 0 Å². The summed E-state index contributed by atoms with van der Waals surface area (Å²) in [4.78, 5) is 17.6. The standard InChI is InChI=1S/C18H19BrN2OS/c1-14-3-2-4-15(13-14)20-9-11-21(12-10-20)18(22)8-6-16-5-7-17(19)23-16/h2-8,13H,9-12H2,1H3/b8-6+. The maximum atomic E-state index is 12.3. The third-order valence-electron chi connectivity index (χ3n) is 3.94. The number of piperazine rings is 1. The van der Waals surface area contributed by atoms with Gasteiger partial charge in [-0.25, -0.2) is 0 Å². The number of aryl methyl sites for hydroxylation is 1. The molecule has 1 aromatic carbocycles. The number of thiophene rings is 1. The molecule has 0 spiro atoms. The molecule has 1 saturated heterocycles. The molecule has 0 unspecified atom stereocenters. The number of halogens is 1. The van der Waals surface area contributed by atoms with Crippen molar-refractivity contribution >= 4 is 44.9 Å². The first kappa shape index (κ1) is 16.3. The Hall–Kier alpha value is -1.59. The van der Waals surface area contributed by atoms with E-state index >= 15 is 0 Å². The first-order valence-corrected chi connectivity index (χ1v) is 9.27. The number of anilines is 1. The monoisotopic (exact) mass is 390 g/mol. The predicted octanol–water partition coefficient (Wildman–Crippen LogP) is 4.18. The molecular formula is C18H19BrN2OS. The zero-order valence-corrected chi connectivity index (χ0v) is 15.4. The zero-order valence-electron chi connectivity index (χ0n) is 13.0. The summed E-state index contributed by atoms with van der Waals surface area (Å²) >= 11 is 5.06. The Morgan fingerprint density at radius 1 is 1.17 bits per heavy atom. The highest BCUT2D eigenvalue weighted by atomic mass is 79.9. The van der Waals surface area contributed by atoms with E-state index in [1.54, 1.807) is 17.4 Å². The fourth-order valence-corrected chi connectivity index (χ4v) is 4.01. The Morgan fingerprint density at radius 3 is 2.61 bits per heavy atom. The van der Waals surface area contributed by atoms with Gasteiger partial charge in [-0.2, -0.15) is 0 Å². The van der Waals surface area contributed by atoms with Crippen molar-refractivity contribution in [2.45, 2.75) is 6.92 Å². The van der Waals surface area contributed by atoms with E-state index in [0.717, 1.165) is 34.8 Å². The van der Waals surface area contributed by atoms with Gasteiger partial charge in [-0.05, 0) is 58.8 Å². The quantitative estimate of drug-likeness (QED) is 0.733. The lowest BCUT2D eigenvalue weighted by Gasteiger charge is -2.35. The molecule has 5 heteroatoms. The number of hydrogen-bond acceptors (Lipinski definition) is 3. The van der Waals surface area contributed by atoms with Gasteiger partial charge < -0.3 is 9.80 Å². The molecule has 0 bridgehead atoms. The number of nitrogens with zero attached hydrogens (tertiary/aromatic N) is 2. The molecule has 23 heavy (non-hydrogen) atoms. The Kier molecular flexibility index (Phi) is 5.18. The molecule has 1 amide bonds. The second kappa shape index (κ2) is 7.32. The summed E-state index contributed by atoms with van der Waals surface area (Å²) < 4.78 is 1.08. The molecule has 2 heterocycles. The Morgan fingerprint density at radius 2 is 1.96 bits per heavy atom. The normalized spacial score (nSPS) is 15.4. The molecule has 0 aliphatic carbocycles. The van der Waals surface area contributed by atoms with Crippen LogP contribution >= 0.6 is 27.3 Å². The van der Waals surface area contributed by atoms with Gasteiger partial charge in [0.25, 0.3) is 0 Å². The summed E-state index contributed by atoms with van der Waals surface area (Å²) in [5.74, 6) is 0.0958. The van der Waals surface area contributed by atoms with Crippen LogP contribution in [0.2, 0.25) is 0 Å². The van der Waals surface area contributed by atoms with Crippen LogP contribution in [-0.4, -0.2) is 37.0 Å². The van der Waals surface area contributed by atoms with Crippen molar-refractivity contribution in [3.63, 3.8) is 0 Å². The van der Waals surface area contributed by atoms with Crippen LogP contribution in [0, 0.1) is 6.92 Å². The third-order valence-corrected chi connectivity index (χ3v) is 5.53. The predicted molar refractivity (Wildman–Crippen MR) is 101 cm³/mol. The van der Waals surface area contributed by atoms with Gasteiger partial charge in [0.15, 0.2) is 0 Å². The van der Waals surface area contributed by atoms with Gasteiger partial charge in [-0.15, -0.1) is 11.3 Å². The first-order valence-electron chi connectivity index (χ1n) is 7.66. The van der Waals surface area contributed by atoms with Gasteiger partial charge >= 0.3 is 0 Å². The van der Waals surface area contributed by atoms with Crippen molar-refractivity contribution in [1.29, 1.82) is 0 Å². The highest BCUT2D eigenvalue weighted by Gasteiger charge is 2.19. The van der Waals surface area contributed by atoms with Gasteiger partial charge in [-0.3, -0.25) is 4.79 Å². The first-order chi connectivity index (χ1) is 11.1. The SMILES string of the molecule is Cc1cccc(N2CCN(C(=O)/C=C/c3ccc(Br)s3)CC2)c1. The van der Waals surface area contributed by atoms with Crippen molar-refractivity contribution < 1.29 is 4.79 Å². The van der Waals surface area contributed by atoms with E-state index in [1.807, 2.05) is 23.1 Å². The van der Waals surface area contributed by atoms with Crippen LogP contribution < -0.4 is 4.90 Å². The van der Waals surface area contributed by atoms with Gasteiger partial charge in [0.2, 0.25) is 5.91 Å². The maximum Gasteiger partial charge on any atom is 0.246 e. The molecule has 0 atom stereocenters. The smallest absolute Gasteiger partial charge is 0.246 e. The van der Waals surface area contributed by atoms with Gasteiger partial charge in [0, 0.05) is 42.8 Å². The number of carbonyl (C=O) groups excluding carboxylic acids is 1. The molecule has 3 nitrogen and oxygen atoms in total. The van der Waals surface area contributed by atoms with E-state index in [2.05, 4.69) is 52.0 Å². The summed E-state index contributed by atoms with van der Waals surface area (Å²) in [6.45, 7) is 5.41. The Labute approximate surface area is 149 Å². The van der Waals surface area contributed by atoms with Crippen LogP contribution in [0.5, 0.6) is 0 Å². The second-order valence-electron chi connectivity index (χ2n) is 5.63. The van der Waals surface area contributed by atoms with Crippen LogP contribution in [0.15, 0.2) is 46.3 Å². The van der Waals surface area contributed by atoms with Crippen LogP contribution in [0.1, 0.15) is 10.4 Å². The number of rotatable bonds is 3. The minimum Gasteiger partial charge on any atom is -0.368 e. The van der Waals surface area contributed by atoms with Crippen molar-refractivity contribution in [2.75, 3.05) is 31.1 Å². The maximum absolute atomic E-state index is 12.3. The largest absolute Gasteiger partial charge is 0.368 e. The molecule has 0 saturated carbocycles. The van der Waals surface area contributed by atoms with E-state index in [4.69, 9.17) is 0 Å². The van der Waals surface area contributed by atoms with E-state index in [1.165, 1.54) is 11.3 Å². The van der Waals surface area contributed by atoms with Crippen molar-refractivity contribution in [3.05, 3.63) is 56.7 Å². The van der Waals surface area contributed by atoms with E-state index < -0.39 is 0 Å². The molecule has 0 N–H and O–H groups in total. The molecular weight excluding hydrogens is 372 g/mol. The molecule has 120 valence electrons. The summed E-state index contributed by atoms with van der Waals surface area (Å²) in [6, 6.07) is 12.5. The van der Waals surface area contributed by atoms with Crippen LogP contribution in [-0.2, 0) is 4.79 Å². The molecule has 3 rings (SSSR count). The summed E-state index contributed by atoms with van der Waals surface area (Å²) in [5, 5.41) is 0. The fourth-order valence-electron chi connectivity index (χ4n) is 2.69. The van der Waals surface area contributed by atoms with E-state index in [-0.39, 0.29) is 5.91 Å². The van der Waals surface area contributed by atoms with E-state index in [0.29, 0.717) is 0 Å². The lowest BCUT2D eigenvalue weighted by molar-refractivity contribution is -0.126. The summed E-state index contributed by atoms with van der Waals surface area (Å²) in [6.07, 6.45) is 3.57. The molecule has 1 aromatic heterocycles. The average Bonchev–Trinajstić information content (AvgIpc) is 2.98. The summed E-state index contributed by atoms with van der Waals surface area (Å²) in [5.41, 5.74) is 2.52. The minimum atomic E-state index is 0.0958. The van der Waals surface area contributed by atoms with Crippen LogP contribution in [0.25, 0.3) is 6.08 Å². The molecule has 2 aromatic rings. The number of carbonyl (C=O) groups is 1. The van der Waals surface area contributed by atoms with Crippen molar-refractivity contribution in [3.8, 4) is 0 Å². The van der Waals surface area contributed by atoms with E-state index in [9.17, 15) is 4.79 Å². The topological polar surface area (TPSA) is 23.6 Å². The van der Waals surface area contributed by atoms with Gasteiger partial charge in [-0.1, -0.05) is 12.1 Å². The summed E-state index contributed by atoms with van der Waals surface area (Å²) in [7, 11) is 0. The van der Waals surface area contributed by atoms with Crippen LogP contribution in [0.4, 0.5) is 5.69 Å². The van der Waals surface area contributed by atoms with Crippen molar-refractivity contribution in [2.24, 2.45) is 0 Å². The Bertz CT molecular complexity index is 717.